The molecule has 19 heavy (non-hydrogen) atoms. The number of anilines is 1. The number of non-ortho nitro benzene ring substituents is 1. The summed E-state index contributed by atoms with van der Waals surface area (Å²) in [7, 11) is 1.73. The zero-order chi connectivity index (χ0) is 14.0. The fourth-order valence-electron chi connectivity index (χ4n) is 2.43. The molecular formula is C13H17BrN2O3. The maximum absolute atomic E-state index is 10.7. The van der Waals surface area contributed by atoms with Gasteiger partial charge in [-0.3, -0.25) is 10.1 Å². The lowest BCUT2D eigenvalue weighted by Crippen LogP contribution is -2.44. The van der Waals surface area contributed by atoms with Gasteiger partial charge in [-0.15, -0.1) is 0 Å². The molecule has 2 atom stereocenters. The minimum absolute atomic E-state index is 0.101. The van der Waals surface area contributed by atoms with Gasteiger partial charge in [0.2, 0.25) is 0 Å². The summed E-state index contributed by atoms with van der Waals surface area (Å²) in [5.74, 6) is 0.540. The first kappa shape index (κ1) is 14.3. The van der Waals surface area contributed by atoms with E-state index in [4.69, 9.17) is 4.74 Å². The van der Waals surface area contributed by atoms with Gasteiger partial charge in [-0.05, 0) is 34.3 Å². The van der Waals surface area contributed by atoms with Crippen molar-refractivity contribution in [3.8, 4) is 0 Å². The Bertz CT molecular complexity index is 481. The largest absolute Gasteiger partial charge is 0.379 e. The van der Waals surface area contributed by atoms with Crippen LogP contribution < -0.4 is 4.90 Å². The second kappa shape index (κ2) is 5.88. The number of hydrogen-bond donors (Lipinski definition) is 0. The van der Waals surface area contributed by atoms with E-state index in [-0.39, 0.29) is 16.7 Å². The number of rotatable bonds is 3. The van der Waals surface area contributed by atoms with Gasteiger partial charge < -0.3 is 9.64 Å². The van der Waals surface area contributed by atoms with Crippen LogP contribution in [0, 0.1) is 16.0 Å². The normalized spacial score (nSPS) is 23.4. The molecule has 0 bridgehead atoms. The maximum atomic E-state index is 10.7. The predicted molar refractivity (Wildman–Crippen MR) is 77.6 cm³/mol. The summed E-state index contributed by atoms with van der Waals surface area (Å²) in [6.45, 7) is 3.95. The van der Waals surface area contributed by atoms with Crippen molar-refractivity contribution < 1.29 is 9.66 Å². The van der Waals surface area contributed by atoms with Crippen LogP contribution in [-0.2, 0) is 4.74 Å². The number of ether oxygens (including phenoxy) is 1. The molecule has 2 unspecified atom stereocenters. The third kappa shape index (κ3) is 3.06. The highest BCUT2D eigenvalue weighted by molar-refractivity contribution is 9.10. The molecule has 1 aromatic carbocycles. The number of methoxy groups -OCH3 is 1. The molecule has 0 saturated carbocycles. The molecule has 1 aliphatic rings. The standard InChI is InChI=1S/C13H17BrN2O3/c1-9-5-6-15(8-13(9)19-2)12-4-3-10(16(17)18)7-11(12)14/h3-4,7,9,13H,5-6,8H2,1-2H3. The molecule has 0 aromatic heterocycles. The molecule has 1 aliphatic heterocycles. The fourth-order valence-corrected chi connectivity index (χ4v) is 3.04. The Hall–Kier alpha value is -1.14. The fraction of sp³-hybridized carbons (Fsp3) is 0.538. The zero-order valence-electron chi connectivity index (χ0n) is 11.0. The number of benzene rings is 1. The van der Waals surface area contributed by atoms with Crippen molar-refractivity contribution in [2.75, 3.05) is 25.1 Å². The van der Waals surface area contributed by atoms with Gasteiger partial charge >= 0.3 is 0 Å². The van der Waals surface area contributed by atoms with E-state index < -0.39 is 0 Å². The highest BCUT2D eigenvalue weighted by Gasteiger charge is 2.27. The molecule has 0 aliphatic carbocycles. The summed E-state index contributed by atoms with van der Waals surface area (Å²) in [5.41, 5.74) is 1.09. The summed E-state index contributed by atoms with van der Waals surface area (Å²) in [5, 5.41) is 10.7. The lowest BCUT2D eigenvalue weighted by molar-refractivity contribution is -0.384. The van der Waals surface area contributed by atoms with E-state index in [1.807, 2.05) is 0 Å². The molecule has 0 amide bonds. The van der Waals surface area contributed by atoms with Crippen molar-refractivity contribution in [2.24, 2.45) is 5.92 Å². The van der Waals surface area contributed by atoms with Crippen LogP contribution in [0.3, 0.4) is 0 Å². The topological polar surface area (TPSA) is 55.6 Å². The number of nitro groups is 1. The SMILES string of the molecule is COC1CN(c2ccc([N+](=O)[O-])cc2Br)CCC1C. The maximum Gasteiger partial charge on any atom is 0.270 e. The third-order valence-electron chi connectivity index (χ3n) is 3.67. The molecule has 0 spiro atoms. The minimum Gasteiger partial charge on any atom is -0.379 e. The summed E-state index contributed by atoms with van der Waals surface area (Å²) >= 11 is 3.42. The highest BCUT2D eigenvalue weighted by atomic mass is 79.9. The van der Waals surface area contributed by atoms with Crippen molar-refractivity contribution in [1.82, 2.24) is 0 Å². The molecule has 0 radical (unpaired) electrons. The molecule has 1 fully saturated rings. The van der Waals surface area contributed by atoms with Crippen LogP contribution in [0.4, 0.5) is 11.4 Å². The second-order valence-electron chi connectivity index (χ2n) is 4.88. The van der Waals surface area contributed by atoms with E-state index >= 15 is 0 Å². The molecule has 1 heterocycles. The summed E-state index contributed by atoms with van der Waals surface area (Å²) in [6, 6.07) is 4.89. The van der Waals surface area contributed by atoms with Gasteiger partial charge in [0.25, 0.3) is 5.69 Å². The first-order valence-electron chi connectivity index (χ1n) is 6.24. The average molecular weight is 329 g/mol. The molecule has 6 heteroatoms. The highest BCUT2D eigenvalue weighted by Crippen LogP contribution is 2.33. The molecular weight excluding hydrogens is 312 g/mol. The van der Waals surface area contributed by atoms with Crippen molar-refractivity contribution in [2.45, 2.75) is 19.4 Å². The summed E-state index contributed by atoms with van der Waals surface area (Å²) in [4.78, 5) is 12.6. The van der Waals surface area contributed by atoms with Gasteiger partial charge in [0, 0.05) is 36.8 Å². The lowest BCUT2D eigenvalue weighted by atomic mass is 9.95. The first-order chi connectivity index (χ1) is 9.02. The number of nitro benzene ring substituents is 1. The van der Waals surface area contributed by atoms with E-state index in [9.17, 15) is 10.1 Å². The van der Waals surface area contributed by atoms with Crippen LogP contribution in [0.1, 0.15) is 13.3 Å². The van der Waals surface area contributed by atoms with Crippen LogP contribution in [0.15, 0.2) is 22.7 Å². The molecule has 0 N–H and O–H groups in total. The lowest BCUT2D eigenvalue weighted by Gasteiger charge is -2.38. The molecule has 104 valence electrons. The Labute approximate surface area is 120 Å². The monoisotopic (exact) mass is 328 g/mol. The molecule has 1 aromatic rings. The first-order valence-corrected chi connectivity index (χ1v) is 7.04. The zero-order valence-corrected chi connectivity index (χ0v) is 12.6. The average Bonchev–Trinajstić information content (AvgIpc) is 2.39. The third-order valence-corrected chi connectivity index (χ3v) is 4.31. The number of hydrogen-bond acceptors (Lipinski definition) is 4. The Morgan fingerprint density at radius 2 is 2.26 bits per heavy atom. The van der Waals surface area contributed by atoms with Crippen molar-refractivity contribution in [1.29, 1.82) is 0 Å². The smallest absolute Gasteiger partial charge is 0.270 e. The van der Waals surface area contributed by atoms with Crippen molar-refractivity contribution in [3.63, 3.8) is 0 Å². The number of piperidine rings is 1. The van der Waals surface area contributed by atoms with Gasteiger partial charge in [0.15, 0.2) is 0 Å². The van der Waals surface area contributed by atoms with E-state index in [1.54, 1.807) is 25.3 Å². The Balaban J connectivity index is 2.20. The van der Waals surface area contributed by atoms with Gasteiger partial charge in [-0.1, -0.05) is 6.92 Å². The molecule has 5 nitrogen and oxygen atoms in total. The van der Waals surface area contributed by atoms with Gasteiger partial charge in [0.05, 0.1) is 16.7 Å². The summed E-state index contributed by atoms with van der Waals surface area (Å²) < 4.78 is 6.25. The Kier molecular flexibility index (Phi) is 4.42. The van der Waals surface area contributed by atoms with E-state index in [0.29, 0.717) is 5.92 Å². The minimum atomic E-state index is -0.384. The second-order valence-corrected chi connectivity index (χ2v) is 5.73. The van der Waals surface area contributed by atoms with E-state index in [2.05, 4.69) is 27.8 Å². The number of nitrogens with zero attached hydrogens (tertiary/aromatic N) is 2. The predicted octanol–water partition coefficient (Wildman–Crippen LogP) is 3.22. The van der Waals surface area contributed by atoms with Gasteiger partial charge in [-0.2, -0.15) is 0 Å². The van der Waals surface area contributed by atoms with Crippen LogP contribution in [0.25, 0.3) is 0 Å². The van der Waals surface area contributed by atoms with E-state index in [1.165, 1.54) is 0 Å². The van der Waals surface area contributed by atoms with E-state index in [0.717, 1.165) is 29.7 Å². The van der Waals surface area contributed by atoms with Crippen LogP contribution in [0.2, 0.25) is 0 Å². The Morgan fingerprint density at radius 3 is 2.84 bits per heavy atom. The van der Waals surface area contributed by atoms with Crippen molar-refractivity contribution in [3.05, 3.63) is 32.8 Å². The van der Waals surface area contributed by atoms with Gasteiger partial charge in [0.1, 0.15) is 0 Å². The number of halogens is 1. The van der Waals surface area contributed by atoms with Gasteiger partial charge in [-0.25, -0.2) is 0 Å². The van der Waals surface area contributed by atoms with Crippen molar-refractivity contribution >= 4 is 27.3 Å². The Morgan fingerprint density at radius 1 is 1.53 bits per heavy atom. The summed E-state index contributed by atoms with van der Waals surface area (Å²) in [6.07, 6.45) is 1.26. The van der Waals surface area contributed by atoms with Crippen LogP contribution in [-0.4, -0.2) is 31.2 Å². The van der Waals surface area contributed by atoms with Crippen LogP contribution in [0.5, 0.6) is 0 Å². The molecule has 1 saturated heterocycles. The van der Waals surface area contributed by atoms with Crippen LogP contribution >= 0.6 is 15.9 Å². The molecule has 2 rings (SSSR count). The quantitative estimate of drug-likeness (QED) is 0.631.